The van der Waals surface area contributed by atoms with Crippen molar-refractivity contribution in [3.05, 3.63) is 64.7 Å². The van der Waals surface area contributed by atoms with Gasteiger partial charge in [-0.1, -0.05) is 35.9 Å². The summed E-state index contributed by atoms with van der Waals surface area (Å²) < 4.78 is 0. The standard InChI is InChI=1S/C16H11ClN2O2/c17-14-6-1-2-7-15(14)19-16(21)12(10-18)8-11-4-3-5-13(20)9-11/h1-9,20H,(H,19,21)/b12-8+. The minimum atomic E-state index is -0.561. The quantitative estimate of drug-likeness (QED) is 0.672. The number of nitrogens with zero attached hydrogens (tertiary/aromatic N) is 1. The molecule has 4 nitrogen and oxygen atoms in total. The number of nitriles is 1. The Hall–Kier alpha value is -2.77. The van der Waals surface area contributed by atoms with Crippen LogP contribution in [0.3, 0.4) is 0 Å². The molecule has 0 unspecified atom stereocenters. The lowest BCUT2D eigenvalue weighted by molar-refractivity contribution is -0.112. The van der Waals surface area contributed by atoms with Gasteiger partial charge in [-0.05, 0) is 35.9 Å². The summed E-state index contributed by atoms with van der Waals surface area (Å²) in [7, 11) is 0. The molecule has 0 radical (unpaired) electrons. The van der Waals surface area contributed by atoms with Crippen LogP contribution in [0.5, 0.6) is 5.75 Å². The van der Waals surface area contributed by atoms with Crippen molar-refractivity contribution in [2.24, 2.45) is 0 Å². The Morgan fingerprint density at radius 3 is 2.67 bits per heavy atom. The number of phenols is 1. The molecule has 21 heavy (non-hydrogen) atoms. The van der Waals surface area contributed by atoms with Gasteiger partial charge in [0.15, 0.2) is 0 Å². The van der Waals surface area contributed by atoms with E-state index < -0.39 is 5.91 Å². The van der Waals surface area contributed by atoms with Gasteiger partial charge >= 0.3 is 0 Å². The number of anilines is 1. The van der Waals surface area contributed by atoms with E-state index in [1.54, 1.807) is 36.4 Å². The first-order chi connectivity index (χ1) is 10.1. The molecule has 104 valence electrons. The van der Waals surface area contributed by atoms with Gasteiger partial charge in [-0.3, -0.25) is 4.79 Å². The fourth-order valence-corrected chi connectivity index (χ4v) is 1.87. The Morgan fingerprint density at radius 2 is 2.00 bits per heavy atom. The molecule has 2 aromatic rings. The number of hydrogen-bond donors (Lipinski definition) is 2. The molecular weight excluding hydrogens is 288 g/mol. The van der Waals surface area contributed by atoms with Gasteiger partial charge in [0.25, 0.3) is 5.91 Å². The van der Waals surface area contributed by atoms with Gasteiger partial charge in [0.05, 0.1) is 10.7 Å². The molecule has 0 saturated heterocycles. The topological polar surface area (TPSA) is 73.1 Å². The Balaban J connectivity index is 2.24. The summed E-state index contributed by atoms with van der Waals surface area (Å²) in [5.41, 5.74) is 0.905. The summed E-state index contributed by atoms with van der Waals surface area (Å²) in [6.07, 6.45) is 1.39. The average Bonchev–Trinajstić information content (AvgIpc) is 2.47. The molecule has 0 aliphatic carbocycles. The Bertz CT molecular complexity index is 748. The molecule has 0 aliphatic heterocycles. The predicted molar refractivity (Wildman–Crippen MR) is 81.8 cm³/mol. The second-order valence-electron chi connectivity index (χ2n) is 4.20. The second-order valence-corrected chi connectivity index (χ2v) is 4.61. The van der Waals surface area contributed by atoms with E-state index in [1.165, 1.54) is 18.2 Å². The zero-order valence-corrected chi connectivity index (χ0v) is 11.6. The molecule has 2 aromatic carbocycles. The van der Waals surface area contributed by atoms with Crippen molar-refractivity contribution in [2.75, 3.05) is 5.32 Å². The van der Waals surface area contributed by atoms with Gasteiger partial charge in [0.1, 0.15) is 17.4 Å². The highest BCUT2D eigenvalue weighted by Crippen LogP contribution is 2.21. The van der Waals surface area contributed by atoms with Crippen LogP contribution in [0, 0.1) is 11.3 Å². The number of para-hydroxylation sites is 1. The first-order valence-electron chi connectivity index (χ1n) is 6.07. The van der Waals surface area contributed by atoms with Crippen LogP contribution in [0.2, 0.25) is 5.02 Å². The van der Waals surface area contributed by atoms with Crippen LogP contribution in [-0.4, -0.2) is 11.0 Å². The molecule has 2 N–H and O–H groups in total. The van der Waals surface area contributed by atoms with E-state index in [4.69, 9.17) is 16.9 Å². The zero-order valence-electron chi connectivity index (χ0n) is 10.9. The molecule has 0 aromatic heterocycles. The summed E-state index contributed by atoms with van der Waals surface area (Å²) in [5, 5.41) is 21.4. The van der Waals surface area contributed by atoms with Crippen LogP contribution in [0.25, 0.3) is 6.08 Å². The molecular formula is C16H11ClN2O2. The SMILES string of the molecule is N#C/C(=C\c1cccc(O)c1)C(=O)Nc1ccccc1Cl. The number of hydrogen-bond acceptors (Lipinski definition) is 3. The molecule has 0 heterocycles. The highest BCUT2D eigenvalue weighted by molar-refractivity contribution is 6.34. The van der Waals surface area contributed by atoms with E-state index in [0.29, 0.717) is 16.3 Å². The van der Waals surface area contributed by atoms with E-state index in [9.17, 15) is 9.90 Å². The zero-order chi connectivity index (χ0) is 15.2. The van der Waals surface area contributed by atoms with Gasteiger partial charge in [0.2, 0.25) is 0 Å². The van der Waals surface area contributed by atoms with E-state index in [2.05, 4.69) is 5.32 Å². The number of nitrogens with one attached hydrogen (secondary N) is 1. The number of phenolic OH excluding ortho intramolecular Hbond substituents is 1. The third kappa shape index (κ3) is 3.85. The number of carbonyl (C=O) groups excluding carboxylic acids is 1. The number of rotatable bonds is 3. The van der Waals surface area contributed by atoms with Gasteiger partial charge in [-0.2, -0.15) is 5.26 Å². The van der Waals surface area contributed by atoms with Crippen LogP contribution >= 0.6 is 11.6 Å². The second kappa shape index (κ2) is 6.60. The van der Waals surface area contributed by atoms with E-state index in [-0.39, 0.29) is 11.3 Å². The van der Waals surface area contributed by atoms with Crippen molar-refractivity contribution in [3.8, 4) is 11.8 Å². The predicted octanol–water partition coefficient (Wildman–Crippen LogP) is 3.59. The van der Waals surface area contributed by atoms with Crippen molar-refractivity contribution < 1.29 is 9.90 Å². The number of benzene rings is 2. The van der Waals surface area contributed by atoms with Gasteiger partial charge < -0.3 is 10.4 Å². The maximum Gasteiger partial charge on any atom is 0.266 e. The van der Waals surface area contributed by atoms with Crippen molar-refractivity contribution >= 4 is 29.3 Å². The lowest BCUT2D eigenvalue weighted by Gasteiger charge is -2.06. The summed E-state index contributed by atoms with van der Waals surface area (Å²) in [4.78, 5) is 12.1. The summed E-state index contributed by atoms with van der Waals surface area (Å²) in [5.74, 6) is -0.499. The first kappa shape index (κ1) is 14.6. The summed E-state index contributed by atoms with van der Waals surface area (Å²) in [6, 6.07) is 14.9. The number of halogens is 1. The summed E-state index contributed by atoms with van der Waals surface area (Å²) >= 11 is 5.95. The van der Waals surface area contributed by atoms with Gasteiger partial charge in [-0.25, -0.2) is 0 Å². The van der Waals surface area contributed by atoms with Gasteiger partial charge in [-0.15, -0.1) is 0 Å². The number of carbonyl (C=O) groups is 1. The normalized spacial score (nSPS) is 10.8. The molecule has 2 rings (SSSR count). The maximum absolute atomic E-state index is 12.1. The lowest BCUT2D eigenvalue weighted by Crippen LogP contribution is -2.13. The average molecular weight is 299 g/mol. The third-order valence-electron chi connectivity index (χ3n) is 2.67. The largest absolute Gasteiger partial charge is 0.508 e. The Kier molecular flexibility index (Phi) is 4.60. The number of aromatic hydroxyl groups is 1. The van der Waals surface area contributed by atoms with E-state index >= 15 is 0 Å². The molecule has 5 heteroatoms. The molecule has 0 spiro atoms. The highest BCUT2D eigenvalue weighted by atomic mass is 35.5. The van der Waals surface area contributed by atoms with Crippen LogP contribution < -0.4 is 5.32 Å². The third-order valence-corrected chi connectivity index (χ3v) is 3.00. The van der Waals surface area contributed by atoms with Gasteiger partial charge in [0, 0.05) is 0 Å². The fourth-order valence-electron chi connectivity index (χ4n) is 1.68. The molecule has 0 bridgehead atoms. The lowest BCUT2D eigenvalue weighted by atomic mass is 10.1. The van der Waals surface area contributed by atoms with Crippen molar-refractivity contribution in [2.45, 2.75) is 0 Å². The van der Waals surface area contributed by atoms with Crippen LogP contribution in [0.4, 0.5) is 5.69 Å². The molecule has 0 fully saturated rings. The van der Waals surface area contributed by atoms with Crippen molar-refractivity contribution in [3.63, 3.8) is 0 Å². The molecule has 0 saturated carbocycles. The smallest absolute Gasteiger partial charge is 0.266 e. The first-order valence-corrected chi connectivity index (χ1v) is 6.44. The molecule has 0 atom stereocenters. The fraction of sp³-hybridized carbons (Fsp3) is 0. The monoisotopic (exact) mass is 298 g/mol. The van der Waals surface area contributed by atoms with Crippen LogP contribution in [0.15, 0.2) is 54.1 Å². The summed E-state index contributed by atoms with van der Waals surface area (Å²) in [6.45, 7) is 0. The van der Waals surface area contributed by atoms with Crippen LogP contribution in [-0.2, 0) is 4.79 Å². The minimum absolute atomic E-state index is 0.0625. The molecule has 0 aliphatic rings. The Labute approximate surface area is 126 Å². The van der Waals surface area contributed by atoms with E-state index in [1.807, 2.05) is 6.07 Å². The number of amides is 1. The maximum atomic E-state index is 12.1. The minimum Gasteiger partial charge on any atom is -0.508 e. The van der Waals surface area contributed by atoms with Crippen LogP contribution in [0.1, 0.15) is 5.56 Å². The Morgan fingerprint density at radius 1 is 1.24 bits per heavy atom. The molecule has 1 amide bonds. The highest BCUT2D eigenvalue weighted by Gasteiger charge is 2.11. The van der Waals surface area contributed by atoms with Crippen molar-refractivity contribution in [1.29, 1.82) is 5.26 Å². The van der Waals surface area contributed by atoms with Crippen molar-refractivity contribution in [1.82, 2.24) is 0 Å². The van der Waals surface area contributed by atoms with E-state index in [0.717, 1.165) is 0 Å².